The molecule has 34 heavy (non-hydrogen) atoms. The lowest BCUT2D eigenvalue weighted by Gasteiger charge is -2.17. The molecule has 1 heterocycles. The van der Waals surface area contributed by atoms with E-state index in [2.05, 4.69) is 34.0 Å². The molecule has 0 fully saturated rings. The van der Waals surface area contributed by atoms with Crippen molar-refractivity contribution in [1.82, 2.24) is 14.9 Å². The number of carbonyl (C=O) groups is 2. The second kappa shape index (κ2) is 12.3. The maximum absolute atomic E-state index is 13.1. The van der Waals surface area contributed by atoms with Crippen molar-refractivity contribution in [3.63, 3.8) is 0 Å². The average Bonchev–Trinajstić information content (AvgIpc) is 3.26. The van der Waals surface area contributed by atoms with Gasteiger partial charge in [0.15, 0.2) is 0 Å². The minimum Gasteiger partial charge on any atom is -0.480 e. The molecule has 1 amide bonds. The molecule has 2 aromatic carbocycles. The van der Waals surface area contributed by atoms with Crippen LogP contribution in [0.5, 0.6) is 0 Å². The third-order valence-electron chi connectivity index (χ3n) is 5.40. The molecule has 3 rings (SSSR count). The first kappa shape index (κ1) is 25.4. The predicted octanol–water partition coefficient (Wildman–Crippen LogP) is 4.75. The number of carboxylic acids is 1. The quantitative estimate of drug-likeness (QED) is 0.346. The Bertz CT molecular complexity index is 1100. The zero-order chi connectivity index (χ0) is 24.5. The molecule has 0 aliphatic rings. The lowest BCUT2D eigenvalue weighted by molar-refractivity contribution is -0.139. The molecule has 0 unspecified atom stereocenters. The Morgan fingerprint density at radius 3 is 2.59 bits per heavy atom. The molecule has 0 spiro atoms. The molecule has 0 bridgehead atoms. The van der Waals surface area contributed by atoms with E-state index >= 15 is 0 Å². The highest BCUT2D eigenvalue weighted by molar-refractivity contribution is 7.98. The number of anilines is 1. The number of rotatable bonds is 12. The van der Waals surface area contributed by atoms with Gasteiger partial charge in [-0.25, -0.2) is 9.78 Å². The SMILES string of the molecule is CSCC[C@H](NC(=O)c1ccc(NCc2cncn2CC(C)C)cc1-c1ccccc1)C(=O)O. The van der Waals surface area contributed by atoms with Crippen LogP contribution in [0.1, 0.15) is 36.3 Å². The first-order valence-electron chi connectivity index (χ1n) is 11.3. The smallest absolute Gasteiger partial charge is 0.326 e. The fourth-order valence-electron chi connectivity index (χ4n) is 3.68. The highest BCUT2D eigenvalue weighted by Gasteiger charge is 2.22. The predicted molar refractivity (Wildman–Crippen MR) is 138 cm³/mol. The third-order valence-corrected chi connectivity index (χ3v) is 6.04. The van der Waals surface area contributed by atoms with Crippen LogP contribution in [0.2, 0.25) is 0 Å². The molecule has 0 saturated carbocycles. The van der Waals surface area contributed by atoms with Gasteiger partial charge in [0, 0.05) is 24.0 Å². The third kappa shape index (κ3) is 6.87. The molecule has 0 aliphatic heterocycles. The Labute approximate surface area is 205 Å². The molecule has 3 aromatic rings. The molecule has 8 heteroatoms. The van der Waals surface area contributed by atoms with Gasteiger partial charge in [-0.15, -0.1) is 0 Å². The maximum atomic E-state index is 13.1. The summed E-state index contributed by atoms with van der Waals surface area (Å²) in [6.07, 6.45) is 5.98. The number of amides is 1. The van der Waals surface area contributed by atoms with Crippen molar-refractivity contribution in [2.24, 2.45) is 5.92 Å². The largest absolute Gasteiger partial charge is 0.480 e. The van der Waals surface area contributed by atoms with Crippen molar-refractivity contribution in [1.29, 1.82) is 0 Å². The van der Waals surface area contributed by atoms with Gasteiger partial charge < -0.3 is 20.3 Å². The van der Waals surface area contributed by atoms with Crippen LogP contribution in [-0.4, -0.2) is 44.6 Å². The molecule has 1 atom stereocenters. The fraction of sp³-hybridized carbons (Fsp3) is 0.346. The number of carboxylic acid groups (broad SMARTS) is 1. The van der Waals surface area contributed by atoms with Gasteiger partial charge in [-0.05, 0) is 53.7 Å². The van der Waals surface area contributed by atoms with Gasteiger partial charge >= 0.3 is 5.97 Å². The number of hydrogen-bond acceptors (Lipinski definition) is 5. The van der Waals surface area contributed by atoms with Crippen LogP contribution in [0.3, 0.4) is 0 Å². The van der Waals surface area contributed by atoms with E-state index in [1.807, 2.05) is 61.2 Å². The van der Waals surface area contributed by atoms with Crippen LogP contribution in [0, 0.1) is 5.92 Å². The number of hydrogen-bond donors (Lipinski definition) is 3. The van der Waals surface area contributed by atoms with E-state index in [-0.39, 0.29) is 0 Å². The van der Waals surface area contributed by atoms with Gasteiger partial charge in [-0.1, -0.05) is 44.2 Å². The molecule has 180 valence electrons. The number of imidazole rings is 1. The maximum Gasteiger partial charge on any atom is 0.326 e. The van der Waals surface area contributed by atoms with E-state index in [9.17, 15) is 14.7 Å². The Balaban J connectivity index is 1.85. The van der Waals surface area contributed by atoms with Gasteiger partial charge in [-0.2, -0.15) is 11.8 Å². The summed E-state index contributed by atoms with van der Waals surface area (Å²) >= 11 is 1.55. The highest BCUT2D eigenvalue weighted by atomic mass is 32.2. The van der Waals surface area contributed by atoms with E-state index in [4.69, 9.17) is 0 Å². The molecular formula is C26H32N4O3S. The fourth-order valence-corrected chi connectivity index (χ4v) is 4.16. The summed E-state index contributed by atoms with van der Waals surface area (Å²) in [7, 11) is 0. The summed E-state index contributed by atoms with van der Waals surface area (Å²) in [5.74, 6) is -0.256. The van der Waals surface area contributed by atoms with Crippen molar-refractivity contribution in [2.45, 2.75) is 39.4 Å². The molecular weight excluding hydrogens is 448 g/mol. The van der Waals surface area contributed by atoms with E-state index in [1.54, 1.807) is 17.8 Å². The van der Waals surface area contributed by atoms with E-state index < -0.39 is 17.9 Å². The minimum atomic E-state index is -1.03. The Morgan fingerprint density at radius 1 is 1.15 bits per heavy atom. The summed E-state index contributed by atoms with van der Waals surface area (Å²) in [5.41, 5.74) is 4.02. The van der Waals surface area contributed by atoms with Crippen molar-refractivity contribution >= 4 is 29.3 Å². The molecule has 1 aromatic heterocycles. The molecule has 7 nitrogen and oxygen atoms in total. The first-order valence-corrected chi connectivity index (χ1v) is 12.7. The minimum absolute atomic E-state index is 0.368. The number of nitrogens with zero attached hydrogens (tertiary/aromatic N) is 2. The molecule has 0 radical (unpaired) electrons. The summed E-state index contributed by atoms with van der Waals surface area (Å²) in [6.45, 7) is 5.83. The van der Waals surface area contributed by atoms with Crippen molar-refractivity contribution in [3.05, 3.63) is 72.3 Å². The van der Waals surface area contributed by atoms with Crippen molar-refractivity contribution in [3.8, 4) is 11.1 Å². The van der Waals surface area contributed by atoms with E-state index in [1.165, 1.54) is 0 Å². The highest BCUT2D eigenvalue weighted by Crippen LogP contribution is 2.28. The van der Waals surface area contributed by atoms with Crippen LogP contribution in [0.4, 0.5) is 5.69 Å². The summed E-state index contributed by atoms with van der Waals surface area (Å²) in [4.78, 5) is 29.0. The van der Waals surface area contributed by atoms with Crippen LogP contribution in [0.25, 0.3) is 11.1 Å². The number of carbonyl (C=O) groups excluding carboxylic acids is 1. The lowest BCUT2D eigenvalue weighted by atomic mass is 9.98. The van der Waals surface area contributed by atoms with E-state index in [0.717, 1.165) is 29.1 Å². The topological polar surface area (TPSA) is 96.3 Å². The Hall–Kier alpha value is -3.26. The molecule has 0 aliphatic carbocycles. The van der Waals surface area contributed by atoms with Gasteiger partial charge in [0.1, 0.15) is 6.04 Å². The summed E-state index contributed by atoms with van der Waals surface area (Å²) < 4.78 is 2.14. The van der Waals surface area contributed by atoms with Gasteiger partial charge in [-0.3, -0.25) is 4.79 Å². The van der Waals surface area contributed by atoms with Gasteiger partial charge in [0.05, 0.1) is 18.6 Å². The number of nitrogens with one attached hydrogen (secondary N) is 2. The lowest BCUT2D eigenvalue weighted by Crippen LogP contribution is -2.41. The van der Waals surface area contributed by atoms with Gasteiger partial charge in [0.25, 0.3) is 5.91 Å². The van der Waals surface area contributed by atoms with Crippen LogP contribution in [0.15, 0.2) is 61.1 Å². The normalized spacial score (nSPS) is 11.9. The van der Waals surface area contributed by atoms with Crippen LogP contribution < -0.4 is 10.6 Å². The van der Waals surface area contributed by atoms with Crippen molar-refractivity contribution < 1.29 is 14.7 Å². The molecule has 0 saturated heterocycles. The summed E-state index contributed by atoms with van der Waals surface area (Å²) in [6, 6.07) is 14.2. The van der Waals surface area contributed by atoms with Crippen molar-refractivity contribution in [2.75, 3.05) is 17.3 Å². The van der Waals surface area contributed by atoms with Crippen LogP contribution >= 0.6 is 11.8 Å². The second-order valence-corrected chi connectivity index (χ2v) is 9.54. The standard InChI is InChI=1S/C26H32N4O3S/c1-18(2)16-30-17-27-14-21(30)15-28-20-9-10-22(23(13-20)19-7-5-4-6-8-19)25(31)29-24(26(32)33)11-12-34-3/h4-10,13-14,17-18,24,28H,11-12,15-16H2,1-3H3,(H,29,31)(H,32,33)/t24-/m0/s1. The molecule has 3 N–H and O–H groups in total. The number of aromatic nitrogens is 2. The Kier molecular flexibility index (Phi) is 9.16. The average molecular weight is 481 g/mol. The second-order valence-electron chi connectivity index (χ2n) is 8.56. The number of thioether (sulfide) groups is 1. The zero-order valence-electron chi connectivity index (χ0n) is 19.8. The van der Waals surface area contributed by atoms with E-state index in [0.29, 0.717) is 30.2 Å². The summed E-state index contributed by atoms with van der Waals surface area (Å²) in [5, 5.41) is 15.7. The van der Waals surface area contributed by atoms with Crippen LogP contribution in [-0.2, 0) is 17.9 Å². The number of aliphatic carboxylic acids is 1. The Morgan fingerprint density at radius 2 is 1.91 bits per heavy atom. The monoisotopic (exact) mass is 480 g/mol. The zero-order valence-corrected chi connectivity index (χ0v) is 20.6. The van der Waals surface area contributed by atoms with Gasteiger partial charge in [0.2, 0.25) is 0 Å². The first-order chi connectivity index (χ1) is 16.4. The number of benzene rings is 2.